The molecule has 0 bridgehead atoms. The highest BCUT2D eigenvalue weighted by molar-refractivity contribution is 8.16. The zero-order valence-corrected chi connectivity index (χ0v) is 14.8. The van der Waals surface area contributed by atoms with Crippen LogP contribution in [0.1, 0.15) is 48.0 Å². The summed E-state index contributed by atoms with van der Waals surface area (Å²) in [4.78, 5) is 46.4. The number of nitrogens with one attached hydrogen (secondary N) is 1. The number of ketones is 1. The maximum absolute atomic E-state index is 11.9. The van der Waals surface area contributed by atoms with Gasteiger partial charge in [0.1, 0.15) is 6.42 Å². The molecule has 0 aliphatic carbocycles. The van der Waals surface area contributed by atoms with E-state index in [1.54, 1.807) is 41.5 Å². The number of carbonyl (C=O) groups is 4. The molecule has 0 unspecified atom stereocenters. The van der Waals surface area contributed by atoms with E-state index < -0.39 is 28.0 Å². The maximum Gasteiger partial charge on any atom is 0.314 e. The van der Waals surface area contributed by atoms with Crippen LogP contribution in [0.2, 0.25) is 0 Å². The van der Waals surface area contributed by atoms with E-state index in [9.17, 15) is 19.2 Å². The summed E-state index contributed by atoms with van der Waals surface area (Å²) in [5.41, 5.74) is 0. The van der Waals surface area contributed by atoms with E-state index in [1.165, 1.54) is 0 Å². The molecule has 0 heterocycles. The molecular weight excluding hydrogens is 306 g/mol. The highest BCUT2D eigenvalue weighted by atomic mass is 32.2. The summed E-state index contributed by atoms with van der Waals surface area (Å²) in [7, 11) is 0. The molecule has 1 N–H and O–H groups in total. The van der Waals surface area contributed by atoms with Crippen molar-refractivity contribution >= 4 is 34.5 Å². The van der Waals surface area contributed by atoms with Crippen molar-refractivity contribution in [1.82, 2.24) is 5.32 Å². The van der Waals surface area contributed by atoms with Crippen molar-refractivity contribution in [2.24, 2.45) is 5.92 Å². The van der Waals surface area contributed by atoms with Crippen LogP contribution < -0.4 is 5.32 Å². The SMILES string of the molecule is CC(C)OC(=O)CC(=O)C(=O)SC(C)(C)CNC(=O)C(C)C. The average Bonchev–Trinajstić information content (AvgIpc) is 2.33. The lowest BCUT2D eigenvalue weighted by Gasteiger charge is -2.23. The summed E-state index contributed by atoms with van der Waals surface area (Å²) < 4.78 is 4.19. The molecule has 0 saturated carbocycles. The molecule has 126 valence electrons. The van der Waals surface area contributed by atoms with E-state index in [2.05, 4.69) is 5.32 Å². The molecule has 7 heteroatoms. The molecule has 6 nitrogen and oxygen atoms in total. The highest BCUT2D eigenvalue weighted by Gasteiger charge is 2.29. The largest absolute Gasteiger partial charge is 0.463 e. The standard InChI is InChI=1S/C15H25NO5S/c1-9(2)13(19)16-8-15(5,6)22-14(20)11(17)7-12(18)21-10(3)4/h9-10H,7-8H2,1-6H3,(H,16,19). The normalized spacial score (nSPS) is 11.5. The van der Waals surface area contributed by atoms with E-state index in [4.69, 9.17) is 4.74 Å². The van der Waals surface area contributed by atoms with Gasteiger partial charge in [0, 0.05) is 17.2 Å². The molecule has 0 aliphatic heterocycles. The number of hydrogen-bond acceptors (Lipinski definition) is 6. The zero-order valence-electron chi connectivity index (χ0n) is 14.0. The first-order valence-electron chi connectivity index (χ1n) is 7.18. The summed E-state index contributed by atoms with van der Waals surface area (Å²) in [6.07, 6.45) is -0.885. The first kappa shape index (κ1) is 20.6. The number of amides is 1. The number of hydrogen-bond donors (Lipinski definition) is 1. The average molecular weight is 331 g/mol. The highest BCUT2D eigenvalue weighted by Crippen LogP contribution is 2.25. The van der Waals surface area contributed by atoms with Crippen molar-refractivity contribution in [3.8, 4) is 0 Å². The number of Topliss-reactive ketones (excluding diaryl/α,β-unsaturated/α-hetero) is 1. The van der Waals surface area contributed by atoms with Gasteiger partial charge in [-0.25, -0.2) is 0 Å². The third-order valence-electron chi connectivity index (χ3n) is 2.48. The van der Waals surface area contributed by atoms with E-state index in [0.29, 0.717) is 0 Å². The minimum atomic E-state index is -0.793. The molecule has 0 saturated heterocycles. The summed E-state index contributed by atoms with van der Waals surface area (Å²) in [6, 6.07) is 0. The first-order chi connectivity index (χ1) is 9.94. The first-order valence-corrected chi connectivity index (χ1v) is 7.99. The quantitative estimate of drug-likeness (QED) is 0.414. The Labute approximate surface area is 135 Å². The molecule has 0 atom stereocenters. The van der Waals surface area contributed by atoms with Crippen molar-refractivity contribution in [2.75, 3.05) is 6.54 Å². The second-order valence-corrected chi connectivity index (χ2v) is 7.84. The van der Waals surface area contributed by atoms with E-state index in [0.717, 1.165) is 11.8 Å². The van der Waals surface area contributed by atoms with Gasteiger partial charge in [0.15, 0.2) is 0 Å². The van der Waals surface area contributed by atoms with Crippen LogP contribution >= 0.6 is 11.8 Å². The van der Waals surface area contributed by atoms with Crippen LogP contribution in [-0.4, -0.2) is 40.2 Å². The number of ether oxygens (including phenoxy) is 1. The Morgan fingerprint density at radius 1 is 1.09 bits per heavy atom. The van der Waals surface area contributed by atoms with Gasteiger partial charge in [0.25, 0.3) is 5.12 Å². The zero-order chi connectivity index (χ0) is 17.5. The maximum atomic E-state index is 11.9. The van der Waals surface area contributed by atoms with Crippen LogP contribution in [0.5, 0.6) is 0 Å². The van der Waals surface area contributed by atoms with E-state index in [-0.39, 0.29) is 24.5 Å². The van der Waals surface area contributed by atoms with Gasteiger partial charge < -0.3 is 10.1 Å². The lowest BCUT2D eigenvalue weighted by molar-refractivity contribution is -0.150. The smallest absolute Gasteiger partial charge is 0.314 e. The summed E-state index contributed by atoms with van der Waals surface area (Å²) in [6.45, 7) is 10.6. The third-order valence-corrected chi connectivity index (χ3v) is 3.59. The lowest BCUT2D eigenvalue weighted by atomic mass is 10.1. The Bertz CT molecular complexity index is 443. The molecule has 0 aliphatic rings. The molecule has 1 amide bonds. The van der Waals surface area contributed by atoms with Gasteiger partial charge in [-0.1, -0.05) is 25.6 Å². The predicted molar refractivity (Wildman–Crippen MR) is 85.4 cm³/mol. The fourth-order valence-corrected chi connectivity index (χ4v) is 2.19. The summed E-state index contributed by atoms with van der Waals surface area (Å²) >= 11 is 0.814. The van der Waals surface area contributed by atoms with Crippen molar-refractivity contribution in [3.05, 3.63) is 0 Å². The van der Waals surface area contributed by atoms with Crippen LogP contribution in [0, 0.1) is 5.92 Å². The van der Waals surface area contributed by atoms with Crippen molar-refractivity contribution in [1.29, 1.82) is 0 Å². The van der Waals surface area contributed by atoms with E-state index in [1.807, 2.05) is 0 Å². The van der Waals surface area contributed by atoms with Gasteiger partial charge in [-0.3, -0.25) is 19.2 Å². The summed E-state index contributed by atoms with van der Waals surface area (Å²) in [5, 5.41) is 2.01. The van der Waals surface area contributed by atoms with Gasteiger partial charge in [-0.2, -0.15) is 0 Å². The lowest BCUT2D eigenvalue weighted by Crippen LogP contribution is -2.39. The Morgan fingerprint density at radius 2 is 1.64 bits per heavy atom. The Hall–Kier alpha value is -1.37. The van der Waals surface area contributed by atoms with Crippen LogP contribution in [0.25, 0.3) is 0 Å². The van der Waals surface area contributed by atoms with Crippen LogP contribution in [0.15, 0.2) is 0 Å². The van der Waals surface area contributed by atoms with Crippen LogP contribution in [0.3, 0.4) is 0 Å². The third kappa shape index (κ3) is 8.81. The van der Waals surface area contributed by atoms with Gasteiger partial charge in [0.05, 0.1) is 6.10 Å². The van der Waals surface area contributed by atoms with E-state index >= 15 is 0 Å². The van der Waals surface area contributed by atoms with Gasteiger partial charge in [0.2, 0.25) is 11.7 Å². The Kier molecular flexibility index (Phi) is 8.37. The molecular formula is C15H25NO5S. The molecule has 0 rings (SSSR count). The fraction of sp³-hybridized carbons (Fsp3) is 0.733. The molecule has 0 fully saturated rings. The number of rotatable bonds is 8. The monoisotopic (exact) mass is 331 g/mol. The number of thioether (sulfide) groups is 1. The summed E-state index contributed by atoms with van der Waals surface area (Å²) in [5.74, 6) is -1.77. The molecule has 0 aromatic carbocycles. The number of carbonyl (C=O) groups excluding carboxylic acids is 4. The van der Waals surface area contributed by atoms with Crippen LogP contribution in [-0.2, 0) is 23.9 Å². The molecule has 0 radical (unpaired) electrons. The topological polar surface area (TPSA) is 89.5 Å². The van der Waals surface area contributed by atoms with Crippen molar-refractivity contribution in [2.45, 2.75) is 58.8 Å². The van der Waals surface area contributed by atoms with Crippen molar-refractivity contribution in [3.63, 3.8) is 0 Å². The van der Waals surface area contributed by atoms with Gasteiger partial charge >= 0.3 is 5.97 Å². The Morgan fingerprint density at radius 3 is 2.09 bits per heavy atom. The fourth-order valence-electron chi connectivity index (χ4n) is 1.36. The number of esters is 1. The van der Waals surface area contributed by atoms with Crippen LogP contribution in [0.4, 0.5) is 0 Å². The van der Waals surface area contributed by atoms with Gasteiger partial charge in [-0.05, 0) is 27.7 Å². The molecule has 0 spiro atoms. The van der Waals surface area contributed by atoms with Gasteiger partial charge in [-0.15, -0.1) is 0 Å². The molecule has 0 aromatic heterocycles. The predicted octanol–water partition coefficient (Wildman–Crippen LogP) is 1.71. The van der Waals surface area contributed by atoms with Crippen molar-refractivity contribution < 1.29 is 23.9 Å². The second kappa shape index (κ2) is 8.92. The molecule has 0 aromatic rings. The molecule has 22 heavy (non-hydrogen) atoms. The minimum Gasteiger partial charge on any atom is -0.463 e. The second-order valence-electron chi connectivity index (χ2n) is 6.16. The Balaban J connectivity index is 4.40. The minimum absolute atomic E-state index is 0.118.